The lowest BCUT2D eigenvalue weighted by molar-refractivity contribution is -0.159. The maximum Gasteiger partial charge on any atom is 0.338 e. The maximum absolute atomic E-state index is 11.9. The summed E-state index contributed by atoms with van der Waals surface area (Å²) in [7, 11) is 3.11. The number of carbonyl (C=O) groups excluding carboxylic acids is 2. The first-order chi connectivity index (χ1) is 16.9. The molecule has 0 bridgehead atoms. The minimum Gasteiger partial charge on any atom is -0.496 e. The van der Waals surface area contributed by atoms with Crippen LogP contribution in [0, 0.1) is 5.92 Å². The standard InChI is InChI=1S/C18H24O4.C10H10O3/c1-4-6-9-14(5-2)18(20)22-17(19)13-12-15-10-7-8-11-16(15)21-3;1-13-9-5-3-2-4-8(9)6-7-10(11)12/h7-8,10-14H,4-6,9H2,1-3H3;2-7H,1H3,(H,11,12). The Morgan fingerprint density at radius 1 is 0.857 bits per heavy atom. The Kier molecular flexibility index (Phi) is 13.9. The van der Waals surface area contributed by atoms with Crippen molar-refractivity contribution >= 4 is 30.1 Å². The summed E-state index contributed by atoms with van der Waals surface area (Å²) in [5, 5.41) is 8.41. The van der Waals surface area contributed by atoms with Crippen LogP contribution in [0.1, 0.15) is 50.7 Å². The third kappa shape index (κ3) is 11.2. The molecule has 2 rings (SSSR count). The molecule has 0 aliphatic rings. The van der Waals surface area contributed by atoms with Gasteiger partial charge in [-0.2, -0.15) is 0 Å². The summed E-state index contributed by atoms with van der Waals surface area (Å²) >= 11 is 0. The Hall–Kier alpha value is -3.87. The van der Waals surface area contributed by atoms with Gasteiger partial charge in [0.15, 0.2) is 0 Å². The van der Waals surface area contributed by atoms with Gasteiger partial charge in [0.25, 0.3) is 0 Å². The van der Waals surface area contributed by atoms with Gasteiger partial charge in [0.2, 0.25) is 0 Å². The van der Waals surface area contributed by atoms with E-state index in [-0.39, 0.29) is 5.92 Å². The number of methoxy groups -OCH3 is 2. The first-order valence-electron chi connectivity index (χ1n) is 11.5. The molecule has 0 saturated carbocycles. The van der Waals surface area contributed by atoms with E-state index in [1.807, 2.05) is 37.3 Å². The molecule has 0 amide bonds. The highest BCUT2D eigenvalue weighted by Crippen LogP contribution is 2.20. The van der Waals surface area contributed by atoms with Crippen LogP contribution in [0.3, 0.4) is 0 Å². The predicted octanol–water partition coefficient (Wildman–Crippen LogP) is 5.79. The lowest BCUT2D eigenvalue weighted by Gasteiger charge is -2.11. The molecule has 7 nitrogen and oxygen atoms in total. The summed E-state index contributed by atoms with van der Waals surface area (Å²) in [5.74, 6) is -0.932. The number of unbranched alkanes of at least 4 members (excludes halogenated alkanes) is 1. The molecular weight excluding hydrogens is 448 g/mol. The van der Waals surface area contributed by atoms with E-state index in [1.54, 1.807) is 38.5 Å². The molecule has 0 aliphatic heterocycles. The van der Waals surface area contributed by atoms with E-state index in [9.17, 15) is 14.4 Å². The van der Waals surface area contributed by atoms with E-state index in [0.717, 1.165) is 36.5 Å². The Morgan fingerprint density at radius 3 is 1.83 bits per heavy atom. The molecule has 0 fully saturated rings. The van der Waals surface area contributed by atoms with Gasteiger partial charge >= 0.3 is 17.9 Å². The molecule has 7 heteroatoms. The monoisotopic (exact) mass is 482 g/mol. The van der Waals surface area contributed by atoms with Gasteiger partial charge in [-0.15, -0.1) is 0 Å². The summed E-state index contributed by atoms with van der Waals surface area (Å²) in [6.45, 7) is 4.00. The third-order valence-corrected chi connectivity index (χ3v) is 5.02. The first-order valence-corrected chi connectivity index (χ1v) is 11.5. The third-order valence-electron chi connectivity index (χ3n) is 5.02. The average Bonchev–Trinajstić information content (AvgIpc) is 2.87. The number of hydrogen-bond acceptors (Lipinski definition) is 6. The number of ether oxygens (including phenoxy) is 3. The fraction of sp³-hybridized carbons (Fsp3) is 0.321. The van der Waals surface area contributed by atoms with E-state index in [1.165, 1.54) is 12.2 Å². The second-order valence-electron chi connectivity index (χ2n) is 7.48. The number of hydrogen-bond donors (Lipinski definition) is 1. The normalized spacial score (nSPS) is 11.4. The molecule has 0 heterocycles. The first kappa shape index (κ1) is 29.2. The van der Waals surface area contributed by atoms with Crippen LogP contribution < -0.4 is 9.47 Å². The molecule has 1 atom stereocenters. The lowest BCUT2D eigenvalue weighted by atomic mass is 10.00. The van der Waals surface area contributed by atoms with Crippen molar-refractivity contribution in [3.05, 3.63) is 71.8 Å². The Labute approximate surface area is 207 Å². The smallest absolute Gasteiger partial charge is 0.338 e. The summed E-state index contributed by atoms with van der Waals surface area (Å²) in [5.41, 5.74) is 1.51. The van der Waals surface area contributed by atoms with Crippen molar-refractivity contribution in [3.8, 4) is 11.5 Å². The molecule has 188 valence electrons. The molecule has 0 spiro atoms. The number of carboxylic acids is 1. The molecule has 0 radical (unpaired) electrons. The van der Waals surface area contributed by atoms with Crippen LogP contribution in [-0.2, 0) is 19.1 Å². The topological polar surface area (TPSA) is 99.1 Å². The van der Waals surface area contributed by atoms with Crippen LogP contribution in [0.2, 0.25) is 0 Å². The van der Waals surface area contributed by atoms with Gasteiger partial charge in [-0.25, -0.2) is 9.59 Å². The lowest BCUT2D eigenvalue weighted by Crippen LogP contribution is -2.19. The second kappa shape index (κ2) is 16.7. The van der Waals surface area contributed by atoms with Crippen molar-refractivity contribution in [2.24, 2.45) is 5.92 Å². The molecule has 1 N–H and O–H groups in total. The Balaban J connectivity index is 0.000000400. The van der Waals surface area contributed by atoms with Gasteiger partial charge in [0.1, 0.15) is 11.5 Å². The van der Waals surface area contributed by atoms with Gasteiger partial charge in [-0.05, 0) is 37.1 Å². The Bertz CT molecular complexity index is 1010. The predicted molar refractivity (Wildman–Crippen MR) is 136 cm³/mol. The van der Waals surface area contributed by atoms with Gasteiger partial charge in [-0.3, -0.25) is 4.79 Å². The van der Waals surface area contributed by atoms with Crippen LogP contribution in [0.15, 0.2) is 60.7 Å². The molecule has 0 saturated heterocycles. The number of benzene rings is 2. The molecule has 35 heavy (non-hydrogen) atoms. The van der Waals surface area contributed by atoms with Crippen molar-refractivity contribution < 1.29 is 33.7 Å². The summed E-state index contributed by atoms with van der Waals surface area (Å²) in [4.78, 5) is 33.9. The molecule has 0 aliphatic carbocycles. The number of carboxylic acid groups (broad SMARTS) is 1. The average molecular weight is 483 g/mol. The summed E-state index contributed by atoms with van der Waals surface area (Å²) in [6, 6.07) is 14.5. The summed E-state index contributed by atoms with van der Waals surface area (Å²) < 4.78 is 15.1. The van der Waals surface area contributed by atoms with Crippen LogP contribution in [0.5, 0.6) is 11.5 Å². The van der Waals surface area contributed by atoms with Crippen molar-refractivity contribution in [2.45, 2.75) is 39.5 Å². The van der Waals surface area contributed by atoms with Gasteiger partial charge in [-0.1, -0.05) is 63.1 Å². The van der Waals surface area contributed by atoms with Gasteiger partial charge in [0.05, 0.1) is 20.1 Å². The summed E-state index contributed by atoms with van der Waals surface area (Å²) in [6.07, 6.45) is 8.84. The molecule has 0 aromatic heterocycles. The van der Waals surface area contributed by atoms with E-state index >= 15 is 0 Å². The molecule has 2 aromatic carbocycles. The highest BCUT2D eigenvalue weighted by Gasteiger charge is 2.19. The van der Waals surface area contributed by atoms with Crippen molar-refractivity contribution in [3.63, 3.8) is 0 Å². The van der Waals surface area contributed by atoms with Crippen LogP contribution in [0.25, 0.3) is 12.2 Å². The fourth-order valence-corrected chi connectivity index (χ4v) is 3.08. The number of rotatable bonds is 11. The van der Waals surface area contributed by atoms with E-state index < -0.39 is 17.9 Å². The number of esters is 2. The minimum atomic E-state index is -0.967. The quantitative estimate of drug-likeness (QED) is 0.246. The number of carbonyl (C=O) groups is 3. The minimum absolute atomic E-state index is 0.205. The zero-order chi connectivity index (χ0) is 26.1. The number of aliphatic carboxylic acids is 1. The Morgan fingerprint density at radius 2 is 1.37 bits per heavy atom. The fourth-order valence-electron chi connectivity index (χ4n) is 3.08. The second-order valence-corrected chi connectivity index (χ2v) is 7.48. The van der Waals surface area contributed by atoms with Crippen LogP contribution >= 0.6 is 0 Å². The van der Waals surface area contributed by atoms with Gasteiger partial charge in [0, 0.05) is 23.3 Å². The maximum atomic E-state index is 11.9. The number of para-hydroxylation sites is 2. The highest BCUT2D eigenvalue weighted by atomic mass is 16.6. The van der Waals surface area contributed by atoms with Gasteiger partial charge < -0.3 is 19.3 Å². The largest absolute Gasteiger partial charge is 0.496 e. The van der Waals surface area contributed by atoms with Crippen molar-refractivity contribution in [2.75, 3.05) is 14.2 Å². The van der Waals surface area contributed by atoms with E-state index in [0.29, 0.717) is 17.9 Å². The van der Waals surface area contributed by atoms with Crippen molar-refractivity contribution in [1.29, 1.82) is 0 Å². The van der Waals surface area contributed by atoms with Crippen molar-refractivity contribution in [1.82, 2.24) is 0 Å². The zero-order valence-corrected chi connectivity index (χ0v) is 20.7. The highest BCUT2D eigenvalue weighted by molar-refractivity contribution is 5.95. The molecular formula is C28H34O7. The van der Waals surface area contributed by atoms with E-state index in [4.69, 9.17) is 19.3 Å². The zero-order valence-electron chi connectivity index (χ0n) is 20.7. The van der Waals surface area contributed by atoms with Crippen LogP contribution in [0.4, 0.5) is 0 Å². The SMILES string of the molecule is CCCCC(CC)C(=O)OC(=O)C=Cc1ccccc1OC.COc1ccccc1C=CC(=O)O. The molecule has 1 unspecified atom stereocenters. The van der Waals surface area contributed by atoms with E-state index in [2.05, 4.69) is 6.92 Å². The van der Waals surface area contributed by atoms with Crippen LogP contribution in [-0.4, -0.2) is 37.2 Å². The molecule has 2 aromatic rings.